The largest absolute Gasteiger partial charge is 0.508 e. The van der Waals surface area contributed by atoms with E-state index >= 15 is 0 Å². The minimum Gasteiger partial charge on any atom is -0.508 e. The van der Waals surface area contributed by atoms with Crippen molar-refractivity contribution in [1.82, 2.24) is 0 Å². The molecule has 2 rings (SSSR count). The number of nitro groups is 1. The summed E-state index contributed by atoms with van der Waals surface area (Å²) in [5.41, 5.74) is 0.447. The van der Waals surface area contributed by atoms with E-state index in [0.717, 1.165) is 11.8 Å². The van der Waals surface area contributed by atoms with Crippen LogP contribution < -0.4 is 0 Å². The Labute approximate surface area is 113 Å². The number of hydrogen-bond acceptors (Lipinski definition) is 5. The Morgan fingerprint density at radius 1 is 1.05 bits per heavy atom. The van der Waals surface area contributed by atoms with Crippen molar-refractivity contribution in [2.75, 3.05) is 0 Å². The van der Waals surface area contributed by atoms with Crippen molar-refractivity contribution in [3.8, 4) is 5.75 Å². The number of carbonyl (C=O) groups is 1. The smallest absolute Gasteiger partial charge is 0.269 e. The fourth-order valence-electron chi connectivity index (χ4n) is 1.40. The monoisotopic (exact) mass is 275 g/mol. The van der Waals surface area contributed by atoms with E-state index in [-0.39, 0.29) is 16.6 Å². The van der Waals surface area contributed by atoms with Crippen molar-refractivity contribution < 1.29 is 14.8 Å². The second-order valence-corrected chi connectivity index (χ2v) is 4.73. The summed E-state index contributed by atoms with van der Waals surface area (Å²) < 4.78 is 0. The molecule has 2 aromatic carbocycles. The number of nitro benzene ring substituents is 1. The zero-order valence-electron chi connectivity index (χ0n) is 9.65. The fraction of sp³-hybridized carbons (Fsp3) is 0. The van der Waals surface area contributed by atoms with Gasteiger partial charge in [-0.2, -0.15) is 0 Å². The maximum absolute atomic E-state index is 11.9. The van der Waals surface area contributed by atoms with Crippen LogP contribution in [0.1, 0.15) is 10.4 Å². The summed E-state index contributed by atoms with van der Waals surface area (Å²) >= 11 is 0.980. The van der Waals surface area contributed by atoms with E-state index in [9.17, 15) is 14.9 Å². The van der Waals surface area contributed by atoms with E-state index in [4.69, 9.17) is 5.11 Å². The second-order valence-electron chi connectivity index (χ2n) is 3.69. The van der Waals surface area contributed by atoms with E-state index in [1.54, 1.807) is 0 Å². The van der Waals surface area contributed by atoms with Crippen LogP contribution in [0.25, 0.3) is 0 Å². The Bertz CT molecular complexity index is 608. The van der Waals surface area contributed by atoms with Gasteiger partial charge in [0.2, 0.25) is 5.12 Å². The first kappa shape index (κ1) is 13.1. The van der Waals surface area contributed by atoms with Gasteiger partial charge in [0.05, 0.1) is 4.92 Å². The zero-order chi connectivity index (χ0) is 13.8. The molecule has 0 aliphatic heterocycles. The van der Waals surface area contributed by atoms with Crippen LogP contribution in [0.5, 0.6) is 5.75 Å². The Morgan fingerprint density at radius 3 is 2.16 bits per heavy atom. The van der Waals surface area contributed by atoms with Gasteiger partial charge < -0.3 is 5.11 Å². The molecule has 0 spiro atoms. The molecule has 5 nitrogen and oxygen atoms in total. The Morgan fingerprint density at radius 2 is 1.63 bits per heavy atom. The molecule has 0 bridgehead atoms. The molecular formula is C13H9NO4S. The van der Waals surface area contributed by atoms with E-state index in [0.29, 0.717) is 10.5 Å². The van der Waals surface area contributed by atoms with Crippen LogP contribution in [0.4, 0.5) is 5.69 Å². The third kappa shape index (κ3) is 3.32. The quantitative estimate of drug-likeness (QED) is 0.528. The Kier molecular flexibility index (Phi) is 3.82. The van der Waals surface area contributed by atoms with Gasteiger partial charge in [-0.3, -0.25) is 14.9 Å². The summed E-state index contributed by atoms with van der Waals surface area (Å²) in [4.78, 5) is 22.5. The van der Waals surface area contributed by atoms with Gasteiger partial charge in [-0.05, 0) is 48.2 Å². The number of rotatable bonds is 3. The van der Waals surface area contributed by atoms with Gasteiger partial charge in [0.25, 0.3) is 5.69 Å². The van der Waals surface area contributed by atoms with E-state index in [2.05, 4.69) is 0 Å². The molecule has 0 aliphatic rings. The highest BCUT2D eigenvalue weighted by Gasteiger charge is 2.10. The highest BCUT2D eigenvalue weighted by atomic mass is 32.2. The molecule has 0 aliphatic carbocycles. The molecule has 0 unspecified atom stereocenters. The molecule has 2 aromatic rings. The number of hydrogen-bond donors (Lipinski definition) is 1. The molecule has 0 saturated heterocycles. The van der Waals surface area contributed by atoms with Crippen molar-refractivity contribution >= 4 is 22.6 Å². The molecule has 0 fully saturated rings. The summed E-state index contributed by atoms with van der Waals surface area (Å²) in [5.74, 6) is 0.0943. The minimum atomic E-state index is -0.490. The molecule has 19 heavy (non-hydrogen) atoms. The lowest BCUT2D eigenvalue weighted by Crippen LogP contribution is -1.92. The van der Waals surface area contributed by atoms with Gasteiger partial charge >= 0.3 is 0 Å². The number of non-ortho nitro benzene ring substituents is 1. The van der Waals surface area contributed by atoms with Crippen LogP contribution in [0.15, 0.2) is 53.4 Å². The first-order valence-electron chi connectivity index (χ1n) is 5.32. The van der Waals surface area contributed by atoms with Crippen LogP contribution >= 0.6 is 11.8 Å². The van der Waals surface area contributed by atoms with Crippen LogP contribution in [0, 0.1) is 10.1 Å². The first-order valence-corrected chi connectivity index (χ1v) is 6.13. The number of thioether (sulfide) groups is 1. The molecular weight excluding hydrogens is 266 g/mol. The molecule has 0 radical (unpaired) electrons. The summed E-state index contributed by atoms with van der Waals surface area (Å²) in [6.45, 7) is 0. The average Bonchev–Trinajstić information content (AvgIpc) is 2.40. The maximum Gasteiger partial charge on any atom is 0.269 e. The van der Waals surface area contributed by atoms with Gasteiger partial charge in [0.15, 0.2) is 0 Å². The van der Waals surface area contributed by atoms with Crippen molar-refractivity contribution in [3.05, 3.63) is 64.2 Å². The Hall–Kier alpha value is -2.34. The molecule has 0 aromatic heterocycles. The van der Waals surface area contributed by atoms with Gasteiger partial charge in [-0.15, -0.1) is 0 Å². The molecule has 0 heterocycles. The van der Waals surface area contributed by atoms with E-state index < -0.39 is 4.92 Å². The van der Waals surface area contributed by atoms with Gasteiger partial charge in [0.1, 0.15) is 5.75 Å². The number of nitrogens with zero attached hydrogens (tertiary/aromatic N) is 1. The van der Waals surface area contributed by atoms with Gasteiger partial charge in [-0.25, -0.2) is 0 Å². The molecule has 6 heteroatoms. The molecule has 0 amide bonds. The number of carbonyl (C=O) groups excluding carboxylic acids is 1. The second kappa shape index (κ2) is 5.53. The van der Waals surface area contributed by atoms with Crippen molar-refractivity contribution in [1.29, 1.82) is 0 Å². The van der Waals surface area contributed by atoms with Crippen LogP contribution in [-0.2, 0) is 0 Å². The standard InChI is InChI=1S/C13H9NO4S/c15-11-5-1-9(2-6-11)13(16)19-12-7-3-10(4-8-12)14(17)18/h1-8,15H. The maximum atomic E-state index is 11.9. The lowest BCUT2D eigenvalue weighted by molar-refractivity contribution is -0.384. The Balaban J connectivity index is 2.10. The number of phenolic OH excluding ortho intramolecular Hbond substituents is 1. The zero-order valence-corrected chi connectivity index (χ0v) is 10.5. The summed E-state index contributed by atoms with van der Waals surface area (Å²) in [6, 6.07) is 11.7. The number of aromatic hydroxyl groups is 1. The van der Waals surface area contributed by atoms with E-state index in [1.165, 1.54) is 48.5 Å². The summed E-state index contributed by atoms with van der Waals surface area (Å²) in [5, 5.41) is 19.4. The van der Waals surface area contributed by atoms with Crippen molar-refractivity contribution in [2.24, 2.45) is 0 Å². The third-order valence-electron chi connectivity index (χ3n) is 2.36. The SMILES string of the molecule is O=C(Sc1ccc([N+](=O)[O-])cc1)c1ccc(O)cc1. The fourth-order valence-corrected chi connectivity index (χ4v) is 2.14. The third-order valence-corrected chi connectivity index (χ3v) is 3.29. The molecule has 0 atom stereocenters. The topological polar surface area (TPSA) is 80.4 Å². The summed E-state index contributed by atoms with van der Waals surface area (Å²) in [6.07, 6.45) is 0. The normalized spacial score (nSPS) is 10.1. The molecule has 96 valence electrons. The van der Waals surface area contributed by atoms with Crippen molar-refractivity contribution in [2.45, 2.75) is 4.90 Å². The van der Waals surface area contributed by atoms with Gasteiger partial charge in [-0.1, -0.05) is 0 Å². The van der Waals surface area contributed by atoms with Gasteiger partial charge in [0, 0.05) is 22.6 Å². The van der Waals surface area contributed by atoms with E-state index in [1.807, 2.05) is 0 Å². The highest BCUT2D eigenvalue weighted by Crippen LogP contribution is 2.25. The minimum absolute atomic E-state index is 0.0126. The molecule has 0 saturated carbocycles. The number of phenols is 1. The first-order chi connectivity index (χ1) is 9.06. The van der Waals surface area contributed by atoms with Crippen LogP contribution in [-0.4, -0.2) is 15.1 Å². The predicted molar refractivity (Wildman–Crippen MR) is 71.4 cm³/mol. The lowest BCUT2D eigenvalue weighted by atomic mass is 10.2. The number of benzene rings is 2. The summed E-state index contributed by atoms with van der Waals surface area (Å²) in [7, 11) is 0. The average molecular weight is 275 g/mol. The lowest BCUT2D eigenvalue weighted by Gasteiger charge is -2.01. The highest BCUT2D eigenvalue weighted by molar-refractivity contribution is 8.14. The molecule has 1 N–H and O–H groups in total. The van der Waals surface area contributed by atoms with Crippen LogP contribution in [0.2, 0.25) is 0 Å². The predicted octanol–water partition coefficient (Wildman–Crippen LogP) is 3.23. The van der Waals surface area contributed by atoms with Crippen molar-refractivity contribution in [3.63, 3.8) is 0 Å². The van der Waals surface area contributed by atoms with Crippen LogP contribution in [0.3, 0.4) is 0 Å².